The Labute approximate surface area is 187 Å². The van der Waals surface area contributed by atoms with Gasteiger partial charge in [-0.05, 0) is 37.1 Å². The molecule has 0 aliphatic rings. The molecule has 0 bridgehead atoms. The molecule has 0 saturated carbocycles. The van der Waals surface area contributed by atoms with Crippen LogP contribution >= 0.6 is 0 Å². The molecule has 0 heterocycles. The van der Waals surface area contributed by atoms with Gasteiger partial charge in [0.1, 0.15) is 11.5 Å². The lowest BCUT2D eigenvalue weighted by Gasteiger charge is -2.02. The van der Waals surface area contributed by atoms with Gasteiger partial charge in [0, 0.05) is 36.6 Å². The molecular weight excluding hydrogens is 384 g/mol. The summed E-state index contributed by atoms with van der Waals surface area (Å²) in [4.78, 5) is 8.82. The average Bonchev–Trinajstić information content (AvgIpc) is 2.78. The highest BCUT2D eigenvalue weighted by atomic mass is 16.3. The van der Waals surface area contributed by atoms with Crippen LogP contribution in [0.3, 0.4) is 0 Å². The van der Waals surface area contributed by atoms with Crippen molar-refractivity contribution >= 4 is 12.4 Å². The monoisotopic (exact) mass is 422 g/mol. The predicted octanol–water partition coefficient (Wildman–Crippen LogP) is 6.93. The van der Waals surface area contributed by atoms with Crippen molar-refractivity contribution in [2.45, 2.75) is 70.6 Å². The third kappa shape index (κ3) is 11.4. The average molecular weight is 423 g/mol. The molecule has 0 radical (unpaired) electrons. The van der Waals surface area contributed by atoms with Gasteiger partial charge in [-0.25, -0.2) is 0 Å². The fourth-order valence-electron chi connectivity index (χ4n) is 3.52. The Hall–Kier alpha value is -2.62. The zero-order chi connectivity index (χ0) is 22.0. The van der Waals surface area contributed by atoms with Gasteiger partial charge in [-0.3, -0.25) is 9.98 Å². The van der Waals surface area contributed by atoms with E-state index >= 15 is 0 Å². The molecule has 0 saturated heterocycles. The number of aliphatic imine (C=N–C) groups is 2. The Balaban J connectivity index is 1.33. The minimum Gasteiger partial charge on any atom is -0.507 e. The highest BCUT2D eigenvalue weighted by Gasteiger charge is 1.96. The molecule has 0 unspecified atom stereocenters. The Morgan fingerprint density at radius 2 is 0.806 bits per heavy atom. The number of hydrogen-bond acceptors (Lipinski definition) is 4. The Morgan fingerprint density at radius 3 is 1.16 bits per heavy atom. The SMILES string of the molecule is Oc1ccccc1C=NCCCCCCCCCCCCCN=Cc1ccccc1O. The summed E-state index contributed by atoms with van der Waals surface area (Å²) in [5.41, 5.74) is 1.59. The van der Waals surface area contributed by atoms with Crippen molar-refractivity contribution in [2.75, 3.05) is 13.1 Å². The molecule has 0 aromatic heterocycles. The van der Waals surface area contributed by atoms with Gasteiger partial charge in [-0.1, -0.05) is 82.1 Å². The number of hydrogen-bond donors (Lipinski definition) is 2. The van der Waals surface area contributed by atoms with Gasteiger partial charge in [0.05, 0.1) is 0 Å². The van der Waals surface area contributed by atoms with Crippen molar-refractivity contribution in [1.82, 2.24) is 0 Å². The normalized spacial score (nSPS) is 11.6. The second-order valence-corrected chi connectivity index (χ2v) is 8.08. The van der Waals surface area contributed by atoms with Crippen molar-refractivity contribution in [3.63, 3.8) is 0 Å². The number of benzene rings is 2. The van der Waals surface area contributed by atoms with E-state index in [0.717, 1.165) is 37.1 Å². The molecule has 0 aliphatic carbocycles. The molecule has 0 aliphatic heterocycles. The van der Waals surface area contributed by atoms with Crippen LogP contribution in [-0.2, 0) is 0 Å². The molecule has 2 aromatic carbocycles. The lowest BCUT2D eigenvalue weighted by Crippen LogP contribution is -1.88. The van der Waals surface area contributed by atoms with Gasteiger partial charge in [0.25, 0.3) is 0 Å². The van der Waals surface area contributed by atoms with Crippen LogP contribution in [0.15, 0.2) is 58.5 Å². The van der Waals surface area contributed by atoms with Crippen molar-refractivity contribution in [1.29, 1.82) is 0 Å². The molecule has 0 atom stereocenters. The summed E-state index contributed by atoms with van der Waals surface area (Å²) in [6, 6.07) is 14.6. The van der Waals surface area contributed by atoms with E-state index in [2.05, 4.69) is 9.98 Å². The summed E-state index contributed by atoms with van der Waals surface area (Å²) < 4.78 is 0. The number of phenols is 2. The first kappa shape index (κ1) is 24.6. The molecule has 2 rings (SSSR count). The van der Waals surface area contributed by atoms with E-state index in [0.29, 0.717) is 11.5 Å². The third-order valence-electron chi connectivity index (χ3n) is 5.41. The highest BCUT2D eigenvalue weighted by molar-refractivity contribution is 5.83. The first-order chi connectivity index (χ1) is 15.3. The van der Waals surface area contributed by atoms with E-state index < -0.39 is 0 Å². The molecule has 2 N–H and O–H groups in total. The third-order valence-corrected chi connectivity index (χ3v) is 5.41. The molecule has 0 fully saturated rings. The zero-order valence-corrected chi connectivity index (χ0v) is 18.8. The van der Waals surface area contributed by atoms with Gasteiger partial charge in [0.15, 0.2) is 0 Å². The van der Waals surface area contributed by atoms with Crippen LogP contribution in [0.5, 0.6) is 11.5 Å². The van der Waals surface area contributed by atoms with Crippen molar-refractivity contribution in [3.05, 3.63) is 59.7 Å². The predicted molar refractivity (Wildman–Crippen MR) is 132 cm³/mol. The van der Waals surface area contributed by atoms with Crippen LogP contribution in [-0.4, -0.2) is 35.7 Å². The maximum absolute atomic E-state index is 9.68. The largest absolute Gasteiger partial charge is 0.507 e. The van der Waals surface area contributed by atoms with Gasteiger partial charge < -0.3 is 10.2 Å². The summed E-state index contributed by atoms with van der Waals surface area (Å²) in [5, 5.41) is 19.4. The molecule has 4 nitrogen and oxygen atoms in total. The first-order valence-electron chi connectivity index (χ1n) is 11.8. The van der Waals surface area contributed by atoms with Crippen LogP contribution in [0.1, 0.15) is 81.8 Å². The fraction of sp³-hybridized carbons (Fsp3) is 0.481. The van der Waals surface area contributed by atoms with E-state index in [9.17, 15) is 10.2 Å². The molecule has 168 valence electrons. The fourth-order valence-corrected chi connectivity index (χ4v) is 3.52. The minimum absolute atomic E-state index is 0.295. The lowest BCUT2D eigenvalue weighted by atomic mass is 10.1. The van der Waals surface area contributed by atoms with Crippen LogP contribution < -0.4 is 0 Å². The number of rotatable bonds is 16. The van der Waals surface area contributed by atoms with E-state index in [1.54, 1.807) is 24.6 Å². The van der Waals surface area contributed by atoms with Crippen LogP contribution in [0.4, 0.5) is 0 Å². The zero-order valence-electron chi connectivity index (χ0n) is 18.8. The lowest BCUT2D eigenvalue weighted by molar-refractivity contribution is 0.474. The summed E-state index contributed by atoms with van der Waals surface area (Å²) in [5.74, 6) is 0.591. The maximum atomic E-state index is 9.68. The summed E-state index contributed by atoms with van der Waals surface area (Å²) in [6.07, 6.45) is 17.5. The second kappa shape index (κ2) is 16.1. The molecule has 31 heavy (non-hydrogen) atoms. The minimum atomic E-state index is 0.295. The van der Waals surface area contributed by atoms with Gasteiger partial charge in [0.2, 0.25) is 0 Å². The molecule has 2 aromatic rings. The van der Waals surface area contributed by atoms with Crippen LogP contribution in [0, 0.1) is 0 Å². The Morgan fingerprint density at radius 1 is 0.484 bits per heavy atom. The molecule has 4 heteroatoms. The number of unbranched alkanes of at least 4 members (excludes halogenated alkanes) is 10. The van der Waals surface area contributed by atoms with Crippen molar-refractivity contribution in [3.8, 4) is 11.5 Å². The standard InChI is InChI=1S/C27H38N2O2/c30-26-18-12-10-16-24(26)22-28-20-14-8-6-4-2-1-3-5-7-9-15-21-29-23-25-17-11-13-19-27(25)31/h10-13,16-19,22-23,30-31H,1-9,14-15,20-21H2. The van der Waals surface area contributed by atoms with E-state index in [-0.39, 0.29) is 0 Å². The number of aromatic hydroxyl groups is 2. The Bertz CT molecular complexity index is 721. The topological polar surface area (TPSA) is 65.2 Å². The Kier molecular flexibility index (Phi) is 12.8. The maximum Gasteiger partial charge on any atom is 0.124 e. The summed E-state index contributed by atoms with van der Waals surface area (Å²) in [7, 11) is 0. The summed E-state index contributed by atoms with van der Waals surface area (Å²) in [6.45, 7) is 1.68. The number of para-hydroxylation sites is 2. The van der Waals surface area contributed by atoms with E-state index in [1.807, 2.05) is 36.4 Å². The van der Waals surface area contributed by atoms with E-state index in [4.69, 9.17) is 0 Å². The molecular formula is C27H38N2O2. The first-order valence-corrected chi connectivity index (χ1v) is 11.8. The highest BCUT2D eigenvalue weighted by Crippen LogP contribution is 2.14. The number of nitrogens with zero attached hydrogens (tertiary/aromatic N) is 2. The van der Waals surface area contributed by atoms with Gasteiger partial charge >= 0.3 is 0 Å². The quantitative estimate of drug-likeness (QED) is 0.228. The second-order valence-electron chi connectivity index (χ2n) is 8.08. The molecule has 0 spiro atoms. The van der Waals surface area contributed by atoms with E-state index in [1.165, 1.54) is 57.8 Å². The van der Waals surface area contributed by atoms with Crippen LogP contribution in [0.2, 0.25) is 0 Å². The van der Waals surface area contributed by atoms with Crippen molar-refractivity contribution < 1.29 is 10.2 Å². The number of phenolic OH excluding ortho intramolecular Hbond substituents is 2. The van der Waals surface area contributed by atoms with Gasteiger partial charge in [-0.15, -0.1) is 0 Å². The summed E-state index contributed by atoms with van der Waals surface area (Å²) >= 11 is 0. The van der Waals surface area contributed by atoms with Gasteiger partial charge in [-0.2, -0.15) is 0 Å². The smallest absolute Gasteiger partial charge is 0.124 e. The van der Waals surface area contributed by atoms with Crippen LogP contribution in [0.25, 0.3) is 0 Å². The van der Waals surface area contributed by atoms with Crippen molar-refractivity contribution in [2.24, 2.45) is 9.98 Å². The molecule has 0 amide bonds.